The van der Waals surface area contributed by atoms with Gasteiger partial charge in [-0.2, -0.15) is 0 Å². The van der Waals surface area contributed by atoms with Crippen LogP contribution >= 0.6 is 11.6 Å². The Kier molecular flexibility index (Phi) is 3.03. The minimum absolute atomic E-state index is 0.0575. The van der Waals surface area contributed by atoms with Crippen LogP contribution in [0.15, 0.2) is 18.2 Å². The van der Waals surface area contributed by atoms with Crippen molar-refractivity contribution in [3.8, 4) is 5.75 Å². The van der Waals surface area contributed by atoms with E-state index in [1.165, 1.54) is 12.1 Å². The van der Waals surface area contributed by atoms with E-state index in [1.807, 2.05) is 0 Å². The summed E-state index contributed by atoms with van der Waals surface area (Å²) >= 11 is 5.89. The van der Waals surface area contributed by atoms with Crippen molar-refractivity contribution in [3.63, 3.8) is 0 Å². The van der Waals surface area contributed by atoms with Crippen molar-refractivity contribution in [2.45, 2.75) is 12.5 Å². The van der Waals surface area contributed by atoms with Crippen molar-refractivity contribution in [1.29, 1.82) is 0 Å². The average Bonchev–Trinajstić information content (AvgIpc) is 2.17. The van der Waals surface area contributed by atoms with E-state index in [-0.39, 0.29) is 24.2 Å². The molecule has 0 radical (unpaired) electrons. The molecule has 0 aromatic heterocycles. The average molecular weight is 242 g/mol. The first kappa shape index (κ1) is 11.2. The molecule has 0 bridgehead atoms. The summed E-state index contributed by atoms with van der Waals surface area (Å²) in [5.41, 5.74) is 0.686. The molecule has 2 N–H and O–H groups in total. The Morgan fingerprint density at radius 3 is 2.75 bits per heavy atom. The first-order valence-corrected chi connectivity index (χ1v) is 5.37. The Bertz CT molecular complexity index is 416. The van der Waals surface area contributed by atoms with Gasteiger partial charge in [-0.15, -0.1) is 0 Å². The summed E-state index contributed by atoms with van der Waals surface area (Å²) in [4.78, 5) is 13.2. The van der Waals surface area contributed by atoms with Crippen molar-refractivity contribution < 1.29 is 15.0 Å². The van der Waals surface area contributed by atoms with E-state index >= 15 is 0 Å². The lowest BCUT2D eigenvalue weighted by Gasteiger charge is -2.36. The van der Waals surface area contributed by atoms with Gasteiger partial charge in [-0.05, 0) is 17.7 Å². The number of phenolic OH excluding ortho intramolecular Hbond substituents is 1. The number of likely N-dealkylation sites (tertiary alicyclic amines) is 1. The molecule has 1 aliphatic heterocycles. The number of aliphatic hydroxyl groups excluding tert-OH is 1. The highest BCUT2D eigenvalue weighted by molar-refractivity contribution is 6.31. The van der Waals surface area contributed by atoms with Gasteiger partial charge in [0.2, 0.25) is 5.91 Å². The number of carbonyl (C=O) groups is 1. The molecule has 0 saturated carbocycles. The van der Waals surface area contributed by atoms with Crippen LogP contribution in [0.25, 0.3) is 0 Å². The third kappa shape index (κ3) is 2.28. The summed E-state index contributed by atoms with van der Waals surface area (Å²) in [6, 6.07) is 4.54. The fraction of sp³-hybridized carbons (Fsp3) is 0.364. The van der Waals surface area contributed by atoms with E-state index in [4.69, 9.17) is 21.8 Å². The van der Waals surface area contributed by atoms with Crippen molar-refractivity contribution in [2.24, 2.45) is 0 Å². The van der Waals surface area contributed by atoms with Crippen LogP contribution in [-0.4, -0.2) is 40.2 Å². The third-order valence-corrected chi connectivity index (χ3v) is 2.95. The molecule has 1 saturated heterocycles. The summed E-state index contributed by atoms with van der Waals surface area (Å²) in [5.74, 6) is 0.0264. The summed E-state index contributed by atoms with van der Waals surface area (Å²) in [6.45, 7) is 0.795. The molecular formula is C11H12ClNO3. The number of carbonyl (C=O) groups excluding carboxylic acids is 1. The normalized spacial score (nSPS) is 16.0. The lowest BCUT2D eigenvalue weighted by Crippen LogP contribution is -2.53. The zero-order chi connectivity index (χ0) is 11.7. The first-order valence-electron chi connectivity index (χ1n) is 4.99. The molecular weight excluding hydrogens is 230 g/mol. The fourth-order valence-electron chi connectivity index (χ4n) is 1.61. The zero-order valence-electron chi connectivity index (χ0n) is 8.56. The van der Waals surface area contributed by atoms with Gasteiger partial charge < -0.3 is 15.1 Å². The molecule has 0 spiro atoms. The smallest absolute Gasteiger partial charge is 0.227 e. The van der Waals surface area contributed by atoms with Crippen molar-refractivity contribution in [3.05, 3.63) is 28.8 Å². The topological polar surface area (TPSA) is 60.8 Å². The van der Waals surface area contributed by atoms with Crippen LogP contribution in [0.5, 0.6) is 5.75 Å². The SMILES string of the molecule is O=C(Cc1ccc(O)cc1Cl)N1CC(O)C1. The molecule has 1 aliphatic rings. The monoisotopic (exact) mass is 241 g/mol. The number of hydrogen-bond acceptors (Lipinski definition) is 3. The van der Waals surface area contributed by atoms with E-state index in [0.717, 1.165) is 0 Å². The molecule has 4 nitrogen and oxygen atoms in total. The van der Waals surface area contributed by atoms with Gasteiger partial charge in [0.25, 0.3) is 0 Å². The van der Waals surface area contributed by atoms with Crippen molar-refractivity contribution >= 4 is 17.5 Å². The first-order chi connectivity index (χ1) is 7.56. The number of nitrogens with zero attached hydrogens (tertiary/aromatic N) is 1. The van der Waals surface area contributed by atoms with Gasteiger partial charge in [-0.3, -0.25) is 4.79 Å². The number of amides is 1. The summed E-state index contributed by atoms with van der Waals surface area (Å²) in [7, 11) is 0. The van der Waals surface area contributed by atoms with Crippen LogP contribution in [0.3, 0.4) is 0 Å². The van der Waals surface area contributed by atoms with Gasteiger partial charge in [0.05, 0.1) is 12.5 Å². The third-order valence-electron chi connectivity index (χ3n) is 2.59. The second-order valence-electron chi connectivity index (χ2n) is 3.91. The number of rotatable bonds is 2. The molecule has 1 fully saturated rings. The van der Waals surface area contributed by atoms with Crippen LogP contribution in [0, 0.1) is 0 Å². The van der Waals surface area contributed by atoms with E-state index in [2.05, 4.69) is 0 Å². The quantitative estimate of drug-likeness (QED) is 0.805. The maximum atomic E-state index is 11.7. The second kappa shape index (κ2) is 4.31. The van der Waals surface area contributed by atoms with E-state index in [9.17, 15) is 4.79 Å². The Labute approximate surface area is 98.1 Å². The molecule has 1 heterocycles. The van der Waals surface area contributed by atoms with Gasteiger partial charge in [0, 0.05) is 18.1 Å². The van der Waals surface area contributed by atoms with Gasteiger partial charge >= 0.3 is 0 Å². The van der Waals surface area contributed by atoms with Crippen LogP contribution in [0.4, 0.5) is 0 Å². The highest BCUT2D eigenvalue weighted by Crippen LogP contribution is 2.23. The maximum absolute atomic E-state index is 11.7. The summed E-state index contributed by atoms with van der Waals surface area (Å²) < 4.78 is 0. The minimum atomic E-state index is -0.390. The molecule has 0 unspecified atom stereocenters. The van der Waals surface area contributed by atoms with E-state index < -0.39 is 0 Å². The predicted octanol–water partition coefficient (Wildman–Crippen LogP) is 0.791. The number of phenols is 1. The van der Waals surface area contributed by atoms with Gasteiger partial charge in [0.1, 0.15) is 5.75 Å². The fourth-order valence-corrected chi connectivity index (χ4v) is 1.85. The lowest BCUT2D eigenvalue weighted by atomic mass is 10.1. The molecule has 5 heteroatoms. The zero-order valence-corrected chi connectivity index (χ0v) is 9.31. The van der Waals surface area contributed by atoms with E-state index in [0.29, 0.717) is 23.7 Å². The Balaban J connectivity index is 2.01. The van der Waals surface area contributed by atoms with E-state index in [1.54, 1.807) is 11.0 Å². The molecule has 2 rings (SSSR count). The summed E-state index contributed by atoms with van der Waals surface area (Å²) in [6.07, 6.45) is -0.189. The molecule has 1 amide bonds. The number of halogens is 1. The standard InChI is InChI=1S/C11H12ClNO3/c12-10-4-8(14)2-1-7(10)3-11(16)13-5-9(15)6-13/h1-2,4,9,14-15H,3,5-6H2. The Hall–Kier alpha value is -1.26. The summed E-state index contributed by atoms with van der Waals surface area (Å²) in [5, 5.41) is 18.6. The number of aliphatic hydroxyl groups is 1. The molecule has 86 valence electrons. The number of aromatic hydroxyl groups is 1. The van der Waals surface area contributed by atoms with Crippen LogP contribution in [-0.2, 0) is 11.2 Å². The Morgan fingerprint density at radius 1 is 1.50 bits per heavy atom. The van der Waals surface area contributed by atoms with Crippen LogP contribution in [0.1, 0.15) is 5.56 Å². The van der Waals surface area contributed by atoms with Gasteiger partial charge in [0.15, 0.2) is 0 Å². The van der Waals surface area contributed by atoms with Gasteiger partial charge in [-0.25, -0.2) is 0 Å². The van der Waals surface area contributed by atoms with Crippen LogP contribution in [0.2, 0.25) is 5.02 Å². The molecule has 16 heavy (non-hydrogen) atoms. The predicted molar refractivity (Wildman–Crippen MR) is 59.4 cm³/mol. The highest BCUT2D eigenvalue weighted by Gasteiger charge is 2.28. The Morgan fingerprint density at radius 2 is 2.19 bits per heavy atom. The van der Waals surface area contributed by atoms with Gasteiger partial charge in [-0.1, -0.05) is 17.7 Å². The highest BCUT2D eigenvalue weighted by atomic mass is 35.5. The lowest BCUT2D eigenvalue weighted by molar-refractivity contribution is -0.140. The molecule has 0 aliphatic carbocycles. The molecule has 1 aromatic rings. The minimum Gasteiger partial charge on any atom is -0.508 e. The van der Waals surface area contributed by atoms with Crippen LogP contribution < -0.4 is 0 Å². The molecule has 0 atom stereocenters. The largest absolute Gasteiger partial charge is 0.508 e. The maximum Gasteiger partial charge on any atom is 0.227 e. The second-order valence-corrected chi connectivity index (χ2v) is 4.31. The van der Waals surface area contributed by atoms with Crippen molar-refractivity contribution in [2.75, 3.05) is 13.1 Å². The number of hydrogen-bond donors (Lipinski definition) is 2. The van der Waals surface area contributed by atoms with Crippen molar-refractivity contribution in [1.82, 2.24) is 4.90 Å². The molecule has 1 aromatic carbocycles. The number of benzene rings is 1. The number of β-amino-alcohol motifs (C(OH)–C–C–N with tert-alkyl or cyclic N) is 1.